The quantitative estimate of drug-likeness (QED) is 0.789. The minimum atomic E-state index is 0.950. The van der Waals surface area contributed by atoms with Gasteiger partial charge in [0.25, 0.3) is 0 Å². The monoisotopic (exact) mass is 218 g/mol. The standard InChI is InChI=1S/C14H22N2/c1-5-16(6-2)11-12(3)13-7-9-14(15-4)10-8-13/h7-10,15H,3,5-6,11H2,1-2,4H3. The minimum Gasteiger partial charge on any atom is -0.388 e. The van der Waals surface area contributed by atoms with Crippen LogP contribution in [0, 0.1) is 0 Å². The fraction of sp³-hybridized carbons (Fsp3) is 0.429. The molecular formula is C14H22N2. The molecule has 1 aromatic rings. The molecule has 1 N–H and O–H groups in total. The highest BCUT2D eigenvalue weighted by atomic mass is 15.1. The Bertz CT molecular complexity index is 323. The van der Waals surface area contributed by atoms with Crippen molar-refractivity contribution in [3.8, 4) is 0 Å². The molecule has 0 fully saturated rings. The van der Waals surface area contributed by atoms with Gasteiger partial charge in [-0.1, -0.05) is 32.6 Å². The summed E-state index contributed by atoms with van der Waals surface area (Å²) in [5, 5.41) is 3.12. The first-order valence-electron chi connectivity index (χ1n) is 5.89. The van der Waals surface area contributed by atoms with Gasteiger partial charge in [0.1, 0.15) is 0 Å². The van der Waals surface area contributed by atoms with Crippen LogP contribution in [0.4, 0.5) is 5.69 Å². The summed E-state index contributed by atoms with van der Waals surface area (Å²) in [5.74, 6) is 0. The summed E-state index contributed by atoms with van der Waals surface area (Å²) < 4.78 is 0. The molecule has 0 unspecified atom stereocenters. The predicted molar refractivity (Wildman–Crippen MR) is 72.8 cm³/mol. The number of hydrogen-bond donors (Lipinski definition) is 1. The molecule has 0 aromatic heterocycles. The smallest absolute Gasteiger partial charge is 0.0337 e. The molecule has 16 heavy (non-hydrogen) atoms. The molecule has 0 aliphatic heterocycles. The highest BCUT2D eigenvalue weighted by Crippen LogP contribution is 2.16. The van der Waals surface area contributed by atoms with Gasteiger partial charge in [-0.3, -0.25) is 4.90 Å². The van der Waals surface area contributed by atoms with Gasteiger partial charge < -0.3 is 5.32 Å². The molecule has 0 radical (unpaired) electrons. The van der Waals surface area contributed by atoms with E-state index in [0.717, 1.165) is 25.3 Å². The van der Waals surface area contributed by atoms with Crippen molar-refractivity contribution in [1.29, 1.82) is 0 Å². The highest BCUT2D eigenvalue weighted by molar-refractivity contribution is 5.66. The molecule has 88 valence electrons. The van der Waals surface area contributed by atoms with Crippen LogP contribution in [0.1, 0.15) is 19.4 Å². The van der Waals surface area contributed by atoms with E-state index in [1.54, 1.807) is 0 Å². The van der Waals surface area contributed by atoms with Crippen molar-refractivity contribution in [1.82, 2.24) is 4.90 Å². The molecule has 0 amide bonds. The van der Waals surface area contributed by atoms with Crippen LogP contribution in [0.25, 0.3) is 5.57 Å². The van der Waals surface area contributed by atoms with E-state index in [1.165, 1.54) is 11.1 Å². The molecule has 2 heteroatoms. The number of nitrogens with zero attached hydrogens (tertiary/aromatic N) is 1. The van der Waals surface area contributed by atoms with Gasteiger partial charge in [-0.25, -0.2) is 0 Å². The lowest BCUT2D eigenvalue weighted by atomic mass is 10.1. The Balaban J connectivity index is 2.65. The molecule has 2 nitrogen and oxygen atoms in total. The predicted octanol–water partition coefficient (Wildman–Crippen LogP) is 3.08. The maximum atomic E-state index is 4.15. The summed E-state index contributed by atoms with van der Waals surface area (Å²) in [4.78, 5) is 2.37. The third-order valence-corrected chi connectivity index (χ3v) is 2.89. The SMILES string of the molecule is C=C(CN(CC)CC)c1ccc(NC)cc1. The van der Waals surface area contributed by atoms with Crippen molar-refractivity contribution in [3.05, 3.63) is 36.4 Å². The van der Waals surface area contributed by atoms with Crippen LogP contribution in [0.5, 0.6) is 0 Å². The Morgan fingerprint density at radius 3 is 2.19 bits per heavy atom. The van der Waals surface area contributed by atoms with Crippen LogP contribution in [0.3, 0.4) is 0 Å². The van der Waals surface area contributed by atoms with Crippen molar-refractivity contribution >= 4 is 11.3 Å². The first-order chi connectivity index (χ1) is 7.71. The first kappa shape index (κ1) is 12.8. The number of anilines is 1. The first-order valence-corrected chi connectivity index (χ1v) is 5.89. The summed E-state index contributed by atoms with van der Waals surface area (Å²) in [7, 11) is 1.93. The van der Waals surface area contributed by atoms with E-state index in [0.29, 0.717) is 0 Å². The van der Waals surface area contributed by atoms with Crippen LogP contribution in [-0.4, -0.2) is 31.6 Å². The van der Waals surface area contributed by atoms with E-state index in [4.69, 9.17) is 0 Å². The Morgan fingerprint density at radius 1 is 1.19 bits per heavy atom. The maximum absolute atomic E-state index is 4.15. The third-order valence-electron chi connectivity index (χ3n) is 2.89. The summed E-state index contributed by atoms with van der Waals surface area (Å²) in [5.41, 5.74) is 3.55. The van der Waals surface area contributed by atoms with Crippen LogP contribution >= 0.6 is 0 Å². The van der Waals surface area contributed by atoms with E-state index >= 15 is 0 Å². The van der Waals surface area contributed by atoms with Crippen molar-refractivity contribution in [2.45, 2.75) is 13.8 Å². The van der Waals surface area contributed by atoms with Gasteiger partial charge in [0.05, 0.1) is 0 Å². The van der Waals surface area contributed by atoms with Crippen molar-refractivity contribution in [2.24, 2.45) is 0 Å². The highest BCUT2D eigenvalue weighted by Gasteiger charge is 2.04. The van der Waals surface area contributed by atoms with Crippen molar-refractivity contribution < 1.29 is 0 Å². The van der Waals surface area contributed by atoms with Gasteiger partial charge >= 0.3 is 0 Å². The van der Waals surface area contributed by atoms with Crippen molar-refractivity contribution in [3.63, 3.8) is 0 Å². The van der Waals surface area contributed by atoms with E-state index in [2.05, 4.69) is 54.9 Å². The second kappa shape index (κ2) is 6.33. The molecule has 1 aromatic carbocycles. The zero-order chi connectivity index (χ0) is 12.0. The maximum Gasteiger partial charge on any atom is 0.0337 e. The molecule has 0 spiro atoms. The topological polar surface area (TPSA) is 15.3 Å². The van der Waals surface area contributed by atoms with Gasteiger partial charge in [0, 0.05) is 19.3 Å². The van der Waals surface area contributed by atoms with Gasteiger partial charge in [-0.05, 0) is 36.4 Å². The number of likely N-dealkylation sites (N-methyl/N-ethyl adjacent to an activating group) is 1. The number of rotatable bonds is 6. The lowest BCUT2D eigenvalue weighted by molar-refractivity contribution is 0.342. The average molecular weight is 218 g/mol. The van der Waals surface area contributed by atoms with E-state index in [-0.39, 0.29) is 0 Å². The Hall–Kier alpha value is -1.28. The molecule has 0 aliphatic rings. The second-order valence-corrected chi connectivity index (χ2v) is 3.89. The van der Waals surface area contributed by atoms with E-state index in [9.17, 15) is 0 Å². The Kier molecular flexibility index (Phi) is 5.06. The zero-order valence-corrected chi connectivity index (χ0v) is 10.6. The van der Waals surface area contributed by atoms with Gasteiger partial charge in [0.2, 0.25) is 0 Å². The normalized spacial score (nSPS) is 10.5. The lowest BCUT2D eigenvalue weighted by Crippen LogP contribution is -2.24. The Morgan fingerprint density at radius 2 is 1.75 bits per heavy atom. The molecular weight excluding hydrogens is 196 g/mol. The van der Waals surface area contributed by atoms with E-state index in [1.807, 2.05) is 7.05 Å². The number of benzene rings is 1. The molecule has 1 rings (SSSR count). The molecule has 0 saturated carbocycles. The van der Waals surface area contributed by atoms with Crippen LogP contribution in [0.15, 0.2) is 30.8 Å². The lowest BCUT2D eigenvalue weighted by Gasteiger charge is -2.19. The molecule has 0 aliphatic carbocycles. The zero-order valence-electron chi connectivity index (χ0n) is 10.6. The minimum absolute atomic E-state index is 0.950. The molecule has 0 saturated heterocycles. The third kappa shape index (κ3) is 3.38. The molecule has 0 atom stereocenters. The number of nitrogens with one attached hydrogen (secondary N) is 1. The summed E-state index contributed by atoms with van der Waals surface area (Å²) in [6.07, 6.45) is 0. The van der Waals surface area contributed by atoms with Crippen LogP contribution in [0.2, 0.25) is 0 Å². The van der Waals surface area contributed by atoms with Crippen molar-refractivity contribution in [2.75, 3.05) is 32.0 Å². The van der Waals surface area contributed by atoms with Crippen LogP contribution in [-0.2, 0) is 0 Å². The summed E-state index contributed by atoms with van der Waals surface area (Å²) >= 11 is 0. The van der Waals surface area contributed by atoms with Gasteiger partial charge in [0.15, 0.2) is 0 Å². The number of hydrogen-bond acceptors (Lipinski definition) is 2. The molecule has 0 bridgehead atoms. The van der Waals surface area contributed by atoms with Gasteiger partial charge in [-0.15, -0.1) is 0 Å². The van der Waals surface area contributed by atoms with E-state index < -0.39 is 0 Å². The summed E-state index contributed by atoms with van der Waals surface area (Å²) in [6.45, 7) is 11.6. The van der Waals surface area contributed by atoms with Crippen LogP contribution < -0.4 is 5.32 Å². The average Bonchev–Trinajstić information content (AvgIpc) is 2.35. The summed E-state index contributed by atoms with van der Waals surface area (Å²) in [6, 6.07) is 8.42. The molecule has 0 heterocycles. The second-order valence-electron chi connectivity index (χ2n) is 3.89. The largest absolute Gasteiger partial charge is 0.388 e. The Labute approximate surface area is 99.0 Å². The van der Waals surface area contributed by atoms with Gasteiger partial charge in [-0.2, -0.15) is 0 Å². The fourth-order valence-electron chi connectivity index (χ4n) is 1.68. The fourth-order valence-corrected chi connectivity index (χ4v) is 1.68.